The van der Waals surface area contributed by atoms with Crippen molar-refractivity contribution in [3.05, 3.63) is 35.4 Å². The van der Waals surface area contributed by atoms with E-state index < -0.39 is 41.6 Å². The lowest BCUT2D eigenvalue weighted by molar-refractivity contribution is -0.142. The lowest BCUT2D eigenvalue weighted by Gasteiger charge is -2.23. The van der Waals surface area contributed by atoms with Crippen LogP contribution in [0.1, 0.15) is 31.9 Å². The van der Waals surface area contributed by atoms with Gasteiger partial charge in [0.1, 0.15) is 12.1 Å². The van der Waals surface area contributed by atoms with E-state index in [1.165, 1.54) is 19.1 Å². The van der Waals surface area contributed by atoms with E-state index in [1.807, 2.05) is 0 Å². The number of halogens is 3. The molecule has 0 unspecified atom stereocenters. The molecule has 2 atom stereocenters. The van der Waals surface area contributed by atoms with E-state index in [9.17, 15) is 32.7 Å². The quantitative estimate of drug-likeness (QED) is 0.680. The summed E-state index contributed by atoms with van der Waals surface area (Å²) in [5.74, 6) is -2.72. The molecule has 0 aromatic heterocycles. The Balaban J connectivity index is 2.87. The highest BCUT2D eigenvalue weighted by molar-refractivity contribution is 5.90. The molecule has 6 nitrogen and oxygen atoms in total. The Morgan fingerprint density at radius 2 is 1.62 bits per heavy atom. The van der Waals surface area contributed by atoms with Gasteiger partial charge in [-0.3, -0.25) is 9.59 Å². The number of carboxylic acid groups (broad SMARTS) is 1. The highest BCUT2D eigenvalue weighted by Crippen LogP contribution is 2.29. The van der Waals surface area contributed by atoms with Gasteiger partial charge < -0.3 is 15.7 Å². The Morgan fingerprint density at radius 1 is 1.08 bits per heavy atom. The van der Waals surface area contributed by atoms with Gasteiger partial charge in [0.05, 0.1) is 5.56 Å². The van der Waals surface area contributed by atoms with Gasteiger partial charge in [0.25, 0.3) is 0 Å². The van der Waals surface area contributed by atoms with E-state index in [2.05, 4.69) is 10.6 Å². The summed E-state index contributed by atoms with van der Waals surface area (Å²) in [6.45, 7) is 4.61. The van der Waals surface area contributed by atoms with E-state index in [4.69, 9.17) is 0 Å². The van der Waals surface area contributed by atoms with Gasteiger partial charge in [0.2, 0.25) is 11.8 Å². The molecule has 0 saturated heterocycles. The number of hydrogen-bond acceptors (Lipinski definition) is 3. The fourth-order valence-corrected chi connectivity index (χ4v) is 2.28. The zero-order valence-electron chi connectivity index (χ0n) is 14.6. The largest absolute Gasteiger partial charge is 0.480 e. The fraction of sp³-hybridized carbons (Fsp3) is 0.471. The lowest BCUT2D eigenvalue weighted by Crippen LogP contribution is -2.53. The number of aliphatic carboxylic acids is 1. The van der Waals surface area contributed by atoms with Gasteiger partial charge in [-0.1, -0.05) is 26.0 Å². The van der Waals surface area contributed by atoms with Crippen molar-refractivity contribution in [1.82, 2.24) is 10.6 Å². The van der Waals surface area contributed by atoms with E-state index in [0.29, 0.717) is 5.56 Å². The second-order valence-corrected chi connectivity index (χ2v) is 6.22. The van der Waals surface area contributed by atoms with E-state index in [1.54, 1.807) is 13.8 Å². The van der Waals surface area contributed by atoms with Gasteiger partial charge >= 0.3 is 12.1 Å². The van der Waals surface area contributed by atoms with Crippen LogP contribution in [-0.4, -0.2) is 35.0 Å². The number of nitrogens with one attached hydrogen (secondary N) is 2. The molecule has 3 N–H and O–H groups in total. The Labute approximate surface area is 148 Å². The summed E-state index contributed by atoms with van der Waals surface area (Å²) in [7, 11) is 0. The molecule has 1 rings (SSSR count). The highest BCUT2D eigenvalue weighted by Gasteiger charge is 2.31. The van der Waals surface area contributed by atoms with Crippen LogP contribution in [0.4, 0.5) is 13.2 Å². The van der Waals surface area contributed by atoms with Crippen LogP contribution in [0.15, 0.2) is 24.3 Å². The van der Waals surface area contributed by atoms with Crippen molar-refractivity contribution in [3.8, 4) is 0 Å². The van der Waals surface area contributed by atoms with Crippen molar-refractivity contribution in [3.63, 3.8) is 0 Å². The fourth-order valence-electron chi connectivity index (χ4n) is 2.28. The van der Waals surface area contributed by atoms with Crippen molar-refractivity contribution in [2.45, 2.75) is 45.5 Å². The molecule has 0 spiro atoms. The molecule has 9 heteroatoms. The van der Waals surface area contributed by atoms with Crippen LogP contribution in [-0.2, 0) is 27.0 Å². The first-order valence-corrected chi connectivity index (χ1v) is 7.88. The molecule has 0 aliphatic rings. The van der Waals surface area contributed by atoms with Gasteiger partial charge in [-0.2, -0.15) is 13.2 Å². The highest BCUT2D eigenvalue weighted by atomic mass is 19.4. The number of alkyl halides is 3. The predicted molar refractivity (Wildman–Crippen MR) is 87.2 cm³/mol. The molecule has 26 heavy (non-hydrogen) atoms. The monoisotopic (exact) mass is 374 g/mol. The van der Waals surface area contributed by atoms with E-state index in [-0.39, 0.29) is 12.3 Å². The van der Waals surface area contributed by atoms with E-state index >= 15 is 0 Å². The number of hydrogen-bond donors (Lipinski definition) is 3. The number of amides is 2. The van der Waals surface area contributed by atoms with Gasteiger partial charge in [-0.05, 0) is 23.6 Å². The first-order chi connectivity index (χ1) is 11.9. The molecular formula is C17H21F3N2O4. The van der Waals surface area contributed by atoms with Gasteiger partial charge in [0.15, 0.2) is 0 Å². The third kappa shape index (κ3) is 6.38. The maximum Gasteiger partial charge on any atom is 0.416 e. The molecular weight excluding hydrogens is 353 g/mol. The van der Waals surface area contributed by atoms with Crippen LogP contribution in [0, 0.1) is 5.92 Å². The lowest BCUT2D eigenvalue weighted by atomic mass is 10.0. The Kier molecular flexibility index (Phi) is 7.17. The molecule has 0 fully saturated rings. The maximum absolute atomic E-state index is 12.6. The van der Waals surface area contributed by atoms with Crippen molar-refractivity contribution in [1.29, 1.82) is 0 Å². The number of carbonyl (C=O) groups excluding carboxylic acids is 2. The first-order valence-electron chi connectivity index (χ1n) is 7.88. The normalized spacial score (nSPS) is 13.8. The standard InChI is InChI=1S/C17H21F3N2O4/c1-9(2)14(21-10(3)23)15(24)22-13(16(25)26)8-11-4-6-12(7-5-11)17(18,19)20/h4-7,9,13-14H,8H2,1-3H3,(H,21,23)(H,22,24)(H,25,26)/t13-,14+/m0/s1. The van der Waals surface area contributed by atoms with Crippen LogP contribution in [0.5, 0.6) is 0 Å². The molecule has 2 amide bonds. The Hall–Kier alpha value is -2.58. The summed E-state index contributed by atoms with van der Waals surface area (Å²) >= 11 is 0. The second kappa shape index (κ2) is 8.68. The third-order valence-corrected chi connectivity index (χ3v) is 3.64. The number of benzene rings is 1. The van der Waals surface area contributed by atoms with Crippen molar-refractivity contribution >= 4 is 17.8 Å². The van der Waals surface area contributed by atoms with Gasteiger partial charge in [-0.25, -0.2) is 4.79 Å². The Bertz CT molecular complexity index is 657. The minimum Gasteiger partial charge on any atom is -0.480 e. The molecule has 0 heterocycles. The summed E-state index contributed by atoms with van der Waals surface area (Å²) in [4.78, 5) is 34.9. The number of carboxylic acids is 1. The SMILES string of the molecule is CC(=O)N[C@@H](C(=O)N[C@@H](Cc1ccc(C(F)(F)F)cc1)C(=O)O)C(C)C. The average Bonchev–Trinajstić information content (AvgIpc) is 2.50. The van der Waals surface area contributed by atoms with Crippen molar-refractivity contribution < 1.29 is 32.7 Å². The second-order valence-electron chi connectivity index (χ2n) is 6.22. The van der Waals surface area contributed by atoms with Crippen molar-refractivity contribution in [2.75, 3.05) is 0 Å². The molecule has 0 radical (unpaired) electrons. The van der Waals surface area contributed by atoms with E-state index in [0.717, 1.165) is 12.1 Å². The van der Waals surface area contributed by atoms with Gasteiger partial charge in [0, 0.05) is 13.3 Å². The number of carbonyl (C=O) groups is 3. The minimum atomic E-state index is -4.48. The molecule has 0 saturated carbocycles. The smallest absolute Gasteiger partial charge is 0.416 e. The van der Waals surface area contributed by atoms with Crippen LogP contribution >= 0.6 is 0 Å². The summed E-state index contributed by atoms with van der Waals surface area (Å²) in [5.41, 5.74) is -0.519. The summed E-state index contributed by atoms with van der Waals surface area (Å²) in [6.07, 6.45) is -4.67. The zero-order valence-corrected chi connectivity index (χ0v) is 14.6. The molecule has 1 aromatic rings. The van der Waals surface area contributed by atoms with Gasteiger partial charge in [-0.15, -0.1) is 0 Å². The van der Waals surface area contributed by atoms with Crippen LogP contribution in [0.3, 0.4) is 0 Å². The molecule has 144 valence electrons. The maximum atomic E-state index is 12.6. The predicted octanol–water partition coefficient (Wildman–Crippen LogP) is 1.98. The van der Waals surface area contributed by atoms with Crippen molar-refractivity contribution in [2.24, 2.45) is 5.92 Å². The molecule has 1 aromatic carbocycles. The summed E-state index contributed by atoms with van der Waals surface area (Å²) < 4.78 is 37.7. The van der Waals surface area contributed by atoms with Crippen LogP contribution < -0.4 is 10.6 Å². The third-order valence-electron chi connectivity index (χ3n) is 3.64. The van der Waals surface area contributed by atoms with Crippen LogP contribution in [0.25, 0.3) is 0 Å². The molecule has 0 aliphatic heterocycles. The molecule has 0 aliphatic carbocycles. The Morgan fingerprint density at radius 3 is 2.00 bits per heavy atom. The van der Waals surface area contributed by atoms with Crippen LogP contribution in [0.2, 0.25) is 0 Å². The molecule has 0 bridgehead atoms. The first kappa shape index (κ1) is 21.5. The zero-order chi connectivity index (χ0) is 20.1. The minimum absolute atomic E-state index is 0.190. The summed E-state index contributed by atoms with van der Waals surface area (Å²) in [5, 5.41) is 14.1. The number of rotatable bonds is 7. The topological polar surface area (TPSA) is 95.5 Å². The average molecular weight is 374 g/mol. The summed E-state index contributed by atoms with van der Waals surface area (Å²) in [6, 6.07) is 1.78.